The van der Waals surface area contributed by atoms with Crippen molar-refractivity contribution in [2.75, 3.05) is 11.1 Å². The van der Waals surface area contributed by atoms with Crippen molar-refractivity contribution in [1.82, 2.24) is 9.97 Å². The maximum atomic E-state index is 11.7. The first-order valence-corrected chi connectivity index (χ1v) is 6.51. The van der Waals surface area contributed by atoms with Gasteiger partial charge in [-0.15, -0.1) is 0 Å². The predicted molar refractivity (Wildman–Crippen MR) is 81.7 cm³/mol. The van der Waals surface area contributed by atoms with E-state index in [0.717, 1.165) is 11.1 Å². The highest BCUT2D eigenvalue weighted by atomic mass is 16.6. The van der Waals surface area contributed by atoms with E-state index < -0.39 is 11.7 Å². The van der Waals surface area contributed by atoms with Gasteiger partial charge in [-0.25, -0.2) is 14.8 Å². The lowest BCUT2D eigenvalue weighted by molar-refractivity contribution is 0.0635. The maximum absolute atomic E-state index is 11.7. The van der Waals surface area contributed by atoms with Crippen molar-refractivity contribution < 1.29 is 9.53 Å². The number of pyridine rings is 2. The molecule has 2 aromatic rings. The number of rotatable bonds is 2. The van der Waals surface area contributed by atoms with Gasteiger partial charge in [0.2, 0.25) is 0 Å². The fourth-order valence-electron chi connectivity index (χ4n) is 1.71. The minimum atomic E-state index is -0.554. The van der Waals surface area contributed by atoms with Crippen LogP contribution in [0.25, 0.3) is 11.1 Å². The van der Waals surface area contributed by atoms with Crippen LogP contribution < -0.4 is 11.1 Å². The van der Waals surface area contributed by atoms with Crippen LogP contribution in [0, 0.1) is 0 Å². The molecule has 21 heavy (non-hydrogen) atoms. The van der Waals surface area contributed by atoms with Gasteiger partial charge in [0, 0.05) is 12.4 Å². The van der Waals surface area contributed by atoms with Crippen LogP contribution in [0.3, 0.4) is 0 Å². The molecule has 0 aliphatic heterocycles. The standard InChI is InChI=1S/C15H18N4O2/c1-15(2,3)21-14(20)19-13-9-11(5-7-18-13)10-4-6-17-12(16)8-10/h4-9H,1-3H3,(H2,16,17)(H,18,19,20). The van der Waals surface area contributed by atoms with Crippen molar-refractivity contribution >= 4 is 17.7 Å². The molecule has 2 rings (SSSR count). The number of carbonyl (C=O) groups excluding carboxylic acids is 1. The lowest BCUT2D eigenvalue weighted by Crippen LogP contribution is -2.27. The molecule has 1 amide bonds. The van der Waals surface area contributed by atoms with Crippen LogP contribution in [0.2, 0.25) is 0 Å². The first kappa shape index (κ1) is 14.8. The molecular formula is C15H18N4O2. The van der Waals surface area contributed by atoms with Gasteiger partial charge >= 0.3 is 6.09 Å². The monoisotopic (exact) mass is 286 g/mol. The van der Waals surface area contributed by atoms with Crippen LogP contribution in [-0.4, -0.2) is 21.7 Å². The lowest BCUT2D eigenvalue weighted by atomic mass is 10.1. The van der Waals surface area contributed by atoms with Gasteiger partial charge in [0.15, 0.2) is 0 Å². The fourth-order valence-corrected chi connectivity index (χ4v) is 1.71. The summed E-state index contributed by atoms with van der Waals surface area (Å²) in [6.45, 7) is 5.41. The van der Waals surface area contributed by atoms with Crippen molar-refractivity contribution in [3.63, 3.8) is 0 Å². The number of carbonyl (C=O) groups is 1. The van der Waals surface area contributed by atoms with Crippen LogP contribution in [0.5, 0.6) is 0 Å². The Kier molecular flexibility index (Phi) is 4.07. The van der Waals surface area contributed by atoms with Gasteiger partial charge in [0.1, 0.15) is 17.2 Å². The van der Waals surface area contributed by atoms with Crippen molar-refractivity contribution in [1.29, 1.82) is 0 Å². The first-order chi connectivity index (χ1) is 9.83. The largest absolute Gasteiger partial charge is 0.444 e. The first-order valence-electron chi connectivity index (χ1n) is 6.51. The zero-order valence-electron chi connectivity index (χ0n) is 12.3. The minimum absolute atomic E-state index is 0.414. The van der Waals surface area contributed by atoms with E-state index in [9.17, 15) is 4.79 Å². The summed E-state index contributed by atoms with van der Waals surface area (Å²) in [6.07, 6.45) is 2.70. The third-order valence-corrected chi connectivity index (χ3v) is 2.50. The summed E-state index contributed by atoms with van der Waals surface area (Å²) in [5, 5.41) is 2.60. The quantitative estimate of drug-likeness (QED) is 0.885. The van der Waals surface area contributed by atoms with Crippen molar-refractivity contribution in [2.24, 2.45) is 0 Å². The van der Waals surface area contributed by atoms with E-state index in [0.29, 0.717) is 11.6 Å². The summed E-state index contributed by atoms with van der Waals surface area (Å²) in [4.78, 5) is 19.8. The van der Waals surface area contributed by atoms with E-state index in [1.807, 2.05) is 12.1 Å². The van der Waals surface area contributed by atoms with Crippen molar-refractivity contribution in [3.05, 3.63) is 36.7 Å². The topological polar surface area (TPSA) is 90.1 Å². The van der Waals surface area contributed by atoms with Crippen LogP contribution >= 0.6 is 0 Å². The molecule has 0 bridgehead atoms. The molecule has 0 aliphatic rings. The second-order valence-electron chi connectivity index (χ2n) is 5.53. The molecule has 0 saturated heterocycles. The third-order valence-electron chi connectivity index (χ3n) is 2.50. The molecule has 0 unspecified atom stereocenters. The molecule has 0 saturated carbocycles. The molecular weight excluding hydrogens is 268 g/mol. The molecule has 6 nitrogen and oxygen atoms in total. The van der Waals surface area contributed by atoms with Gasteiger partial charge < -0.3 is 10.5 Å². The summed E-state index contributed by atoms with van der Waals surface area (Å²) in [5.74, 6) is 0.850. The summed E-state index contributed by atoms with van der Waals surface area (Å²) < 4.78 is 5.19. The highest BCUT2D eigenvalue weighted by Crippen LogP contribution is 2.22. The molecule has 0 atom stereocenters. The van der Waals surface area contributed by atoms with Crippen LogP contribution in [-0.2, 0) is 4.74 Å². The van der Waals surface area contributed by atoms with Gasteiger partial charge in [0.05, 0.1) is 0 Å². The maximum Gasteiger partial charge on any atom is 0.413 e. The van der Waals surface area contributed by atoms with E-state index in [1.54, 1.807) is 45.3 Å². The summed E-state index contributed by atoms with van der Waals surface area (Å²) >= 11 is 0. The second-order valence-corrected chi connectivity index (χ2v) is 5.53. The number of anilines is 2. The number of nitrogens with one attached hydrogen (secondary N) is 1. The Bertz CT molecular complexity index is 650. The molecule has 0 fully saturated rings. The summed E-state index contributed by atoms with van der Waals surface area (Å²) in [5.41, 5.74) is 6.89. The van der Waals surface area contributed by atoms with Crippen molar-refractivity contribution in [2.45, 2.75) is 26.4 Å². The third kappa shape index (κ3) is 4.45. The Balaban J connectivity index is 2.17. The number of nitrogen functional groups attached to an aromatic ring is 1. The van der Waals surface area contributed by atoms with E-state index in [2.05, 4.69) is 15.3 Å². The summed E-state index contributed by atoms with van der Waals surface area (Å²) in [7, 11) is 0. The molecule has 0 aromatic carbocycles. The Morgan fingerprint density at radius 3 is 2.38 bits per heavy atom. The van der Waals surface area contributed by atoms with Gasteiger partial charge in [-0.05, 0) is 56.2 Å². The van der Waals surface area contributed by atoms with Gasteiger partial charge in [-0.3, -0.25) is 5.32 Å². The minimum Gasteiger partial charge on any atom is -0.444 e. The molecule has 2 aromatic heterocycles. The number of nitrogens with two attached hydrogens (primary N) is 1. The molecule has 110 valence electrons. The summed E-state index contributed by atoms with van der Waals surface area (Å²) in [6, 6.07) is 7.17. The number of hydrogen-bond acceptors (Lipinski definition) is 5. The molecule has 0 spiro atoms. The van der Waals surface area contributed by atoms with E-state index in [4.69, 9.17) is 10.5 Å². The van der Waals surface area contributed by atoms with Gasteiger partial charge in [-0.2, -0.15) is 0 Å². The predicted octanol–water partition coefficient (Wildman–Crippen LogP) is 3.07. The van der Waals surface area contributed by atoms with Gasteiger partial charge in [0.25, 0.3) is 0 Å². The number of ether oxygens (including phenoxy) is 1. The number of amides is 1. The normalized spacial score (nSPS) is 11.0. The zero-order chi connectivity index (χ0) is 15.5. The smallest absolute Gasteiger partial charge is 0.413 e. The van der Waals surface area contributed by atoms with E-state index in [1.165, 1.54) is 0 Å². The second kappa shape index (κ2) is 5.78. The van der Waals surface area contributed by atoms with Gasteiger partial charge in [-0.1, -0.05) is 0 Å². The van der Waals surface area contributed by atoms with Crippen molar-refractivity contribution in [3.8, 4) is 11.1 Å². The SMILES string of the molecule is CC(C)(C)OC(=O)Nc1cc(-c2ccnc(N)c2)ccn1. The Hall–Kier alpha value is -2.63. The highest BCUT2D eigenvalue weighted by Gasteiger charge is 2.16. The number of nitrogens with zero attached hydrogens (tertiary/aromatic N) is 2. The average Bonchev–Trinajstić information content (AvgIpc) is 2.36. The van der Waals surface area contributed by atoms with E-state index in [-0.39, 0.29) is 0 Å². The zero-order valence-corrected chi connectivity index (χ0v) is 12.3. The average molecular weight is 286 g/mol. The van der Waals surface area contributed by atoms with Crippen LogP contribution in [0.15, 0.2) is 36.7 Å². The molecule has 0 aliphatic carbocycles. The lowest BCUT2D eigenvalue weighted by Gasteiger charge is -2.19. The Labute approximate surface area is 123 Å². The molecule has 2 heterocycles. The Morgan fingerprint density at radius 1 is 1.14 bits per heavy atom. The Morgan fingerprint density at radius 2 is 1.76 bits per heavy atom. The van der Waals surface area contributed by atoms with E-state index >= 15 is 0 Å². The van der Waals surface area contributed by atoms with Crippen LogP contribution in [0.4, 0.5) is 16.4 Å². The highest BCUT2D eigenvalue weighted by molar-refractivity contribution is 5.84. The number of aromatic nitrogens is 2. The fraction of sp³-hybridized carbons (Fsp3) is 0.267. The van der Waals surface area contributed by atoms with Crippen LogP contribution in [0.1, 0.15) is 20.8 Å². The number of hydrogen-bond donors (Lipinski definition) is 2. The molecule has 0 radical (unpaired) electrons. The molecule has 3 N–H and O–H groups in total. The molecule has 6 heteroatoms.